The van der Waals surface area contributed by atoms with Gasteiger partial charge in [0.05, 0.1) is 13.2 Å². The number of benzene rings is 1. The van der Waals surface area contributed by atoms with E-state index >= 15 is 0 Å². The Morgan fingerprint density at radius 3 is 2.50 bits per heavy atom. The normalized spacial score (nSPS) is 10.5. The second-order valence-corrected chi connectivity index (χ2v) is 5.24. The van der Waals surface area contributed by atoms with E-state index in [2.05, 4.69) is 10.2 Å². The summed E-state index contributed by atoms with van der Waals surface area (Å²) < 4.78 is 10.6. The molecule has 108 valence electrons. The Bertz CT molecular complexity index is 469. The van der Waals surface area contributed by atoms with Gasteiger partial charge in [-0.1, -0.05) is 12.1 Å². The molecule has 0 aliphatic rings. The van der Waals surface area contributed by atoms with Crippen molar-refractivity contribution < 1.29 is 14.3 Å². The SMILES string of the molecule is [C-]#[N+]c1ccc(OCCCNC(=O)OC(C)(C)C)cc1. The summed E-state index contributed by atoms with van der Waals surface area (Å²) in [5.74, 6) is 0.717. The lowest BCUT2D eigenvalue weighted by atomic mass is 10.2. The fourth-order valence-corrected chi connectivity index (χ4v) is 1.38. The van der Waals surface area contributed by atoms with Gasteiger partial charge in [0.2, 0.25) is 0 Å². The molecule has 0 aliphatic heterocycles. The average Bonchev–Trinajstić information content (AvgIpc) is 2.37. The Labute approximate surface area is 119 Å². The van der Waals surface area contributed by atoms with E-state index in [-0.39, 0.29) is 0 Å². The number of rotatable bonds is 5. The zero-order valence-corrected chi connectivity index (χ0v) is 12.1. The van der Waals surface area contributed by atoms with Crippen LogP contribution in [-0.2, 0) is 4.74 Å². The molecule has 5 nitrogen and oxygen atoms in total. The van der Waals surface area contributed by atoms with Gasteiger partial charge in [0, 0.05) is 6.54 Å². The number of ether oxygens (including phenoxy) is 2. The van der Waals surface area contributed by atoms with E-state index in [0.29, 0.717) is 25.3 Å². The highest BCUT2D eigenvalue weighted by molar-refractivity contribution is 5.67. The Balaban J connectivity index is 2.16. The van der Waals surface area contributed by atoms with Gasteiger partial charge in [-0.15, -0.1) is 0 Å². The summed E-state index contributed by atoms with van der Waals surface area (Å²) in [7, 11) is 0. The van der Waals surface area contributed by atoms with Crippen LogP contribution in [0, 0.1) is 6.57 Å². The van der Waals surface area contributed by atoms with Crippen molar-refractivity contribution in [3.63, 3.8) is 0 Å². The molecule has 0 radical (unpaired) electrons. The van der Waals surface area contributed by atoms with Gasteiger partial charge in [-0.05, 0) is 39.3 Å². The lowest BCUT2D eigenvalue weighted by Gasteiger charge is -2.19. The third-order valence-electron chi connectivity index (χ3n) is 2.22. The molecule has 0 fully saturated rings. The minimum atomic E-state index is -0.481. The summed E-state index contributed by atoms with van der Waals surface area (Å²) in [5.41, 5.74) is 0.106. The maximum Gasteiger partial charge on any atom is 0.407 e. The minimum absolute atomic E-state index is 0.418. The molecule has 1 aromatic rings. The monoisotopic (exact) mass is 276 g/mol. The molecular weight excluding hydrogens is 256 g/mol. The predicted molar refractivity (Wildman–Crippen MR) is 77.1 cm³/mol. The molecule has 1 amide bonds. The largest absolute Gasteiger partial charge is 0.494 e. The molecule has 0 bridgehead atoms. The van der Waals surface area contributed by atoms with Crippen LogP contribution in [0.5, 0.6) is 5.75 Å². The molecule has 1 N–H and O–H groups in total. The van der Waals surface area contributed by atoms with Crippen molar-refractivity contribution >= 4 is 11.8 Å². The van der Waals surface area contributed by atoms with Crippen LogP contribution in [0.15, 0.2) is 24.3 Å². The number of nitrogens with one attached hydrogen (secondary N) is 1. The number of carbonyl (C=O) groups excluding carboxylic acids is 1. The van der Waals surface area contributed by atoms with E-state index in [1.54, 1.807) is 24.3 Å². The van der Waals surface area contributed by atoms with Crippen LogP contribution in [0.2, 0.25) is 0 Å². The lowest BCUT2D eigenvalue weighted by molar-refractivity contribution is 0.0525. The van der Waals surface area contributed by atoms with Crippen molar-refractivity contribution in [1.29, 1.82) is 0 Å². The van der Waals surface area contributed by atoms with E-state index < -0.39 is 11.7 Å². The minimum Gasteiger partial charge on any atom is -0.494 e. The van der Waals surface area contributed by atoms with E-state index in [0.717, 1.165) is 5.75 Å². The van der Waals surface area contributed by atoms with Crippen LogP contribution in [-0.4, -0.2) is 24.8 Å². The smallest absolute Gasteiger partial charge is 0.407 e. The van der Waals surface area contributed by atoms with Gasteiger partial charge < -0.3 is 14.8 Å². The maximum atomic E-state index is 11.4. The highest BCUT2D eigenvalue weighted by Gasteiger charge is 2.15. The van der Waals surface area contributed by atoms with Crippen molar-refractivity contribution in [1.82, 2.24) is 5.32 Å². The van der Waals surface area contributed by atoms with E-state index in [4.69, 9.17) is 16.0 Å². The van der Waals surface area contributed by atoms with Gasteiger partial charge in [0.1, 0.15) is 11.4 Å². The first kappa shape index (κ1) is 15.8. The zero-order chi connectivity index (χ0) is 15.0. The Morgan fingerprint density at radius 1 is 1.30 bits per heavy atom. The third kappa shape index (κ3) is 6.64. The van der Waals surface area contributed by atoms with E-state index in [1.807, 2.05) is 20.8 Å². The van der Waals surface area contributed by atoms with Gasteiger partial charge in [-0.3, -0.25) is 0 Å². The molecule has 1 aromatic carbocycles. The van der Waals surface area contributed by atoms with Gasteiger partial charge >= 0.3 is 6.09 Å². The van der Waals surface area contributed by atoms with Crippen molar-refractivity contribution in [2.75, 3.05) is 13.2 Å². The molecule has 0 aromatic heterocycles. The molecule has 0 saturated heterocycles. The molecule has 5 heteroatoms. The number of carbonyl (C=O) groups is 1. The highest BCUT2D eigenvalue weighted by atomic mass is 16.6. The summed E-state index contributed by atoms with van der Waals surface area (Å²) >= 11 is 0. The molecule has 0 heterocycles. The Kier molecular flexibility index (Phi) is 5.85. The van der Waals surface area contributed by atoms with Crippen molar-refractivity contribution in [3.05, 3.63) is 35.7 Å². The quantitative estimate of drug-likeness (QED) is 0.661. The fourth-order valence-electron chi connectivity index (χ4n) is 1.38. The van der Waals surface area contributed by atoms with Gasteiger partial charge in [0.15, 0.2) is 5.69 Å². The Morgan fingerprint density at radius 2 is 1.95 bits per heavy atom. The number of nitrogens with zero attached hydrogens (tertiary/aromatic N) is 1. The van der Waals surface area contributed by atoms with Crippen LogP contribution in [0.25, 0.3) is 4.85 Å². The second-order valence-electron chi connectivity index (χ2n) is 5.24. The van der Waals surface area contributed by atoms with Crippen LogP contribution in [0.3, 0.4) is 0 Å². The summed E-state index contributed by atoms with van der Waals surface area (Å²) in [6, 6.07) is 6.94. The molecule has 0 unspecified atom stereocenters. The number of alkyl carbamates (subject to hydrolysis) is 1. The lowest BCUT2D eigenvalue weighted by Crippen LogP contribution is -2.33. The molecule has 20 heavy (non-hydrogen) atoms. The van der Waals surface area contributed by atoms with Gasteiger partial charge in [-0.25, -0.2) is 9.64 Å². The molecule has 0 saturated carbocycles. The van der Waals surface area contributed by atoms with Crippen molar-refractivity contribution in [2.24, 2.45) is 0 Å². The molecule has 0 aliphatic carbocycles. The first-order valence-electron chi connectivity index (χ1n) is 6.48. The average molecular weight is 276 g/mol. The standard InChI is InChI=1S/C15H20N2O3/c1-15(2,3)20-14(18)17-10-5-11-19-13-8-6-12(16-4)7-9-13/h6-9H,5,10-11H2,1-3H3,(H,17,18). The van der Waals surface area contributed by atoms with Crippen LogP contribution >= 0.6 is 0 Å². The number of hydrogen-bond donors (Lipinski definition) is 1. The number of amides is 1. The van der Waals surface area contributed by atoms with Crippen LogP contribution < -0.4 is 10.1 Å². The van der Waals surface area contributed by atoms with Gasteiger partial charge in [0.25, 0.3) is 0 Å². The summed E-state index contributed by atoms with van der Waals surface area (Å²) in [6.45, 7) is 13.3. The van der Waals surface area contributed by atoms with Gasteiger partial charge in [-0.2, -0.15) is 0 Å². The third-order valence-corrected chi connectivity index (χ3v) is 2.22. The highest BCUT2D eigenvalue weighted by Crippen LogP contribution is 2.17. The summed E-state index contributed by atoms with van der Waals surface area (Å²) in [4.78, 5) is 14.7. The van der Waals surface area contributed by atoms with E-state index in [9.17, 15) is 4.79 Å². The predicted octanol–water partition coefficient (Wildman–Crippen LogP) is 3.53. The number of hydrogen-bond acceptors (Lipinski definition) is 3. The van der Waals surface area contributed by atoms with Crippen LogP contribution in [0.1, 0.15) is 27.2 Å². The molecule has 0 spiro atoms. The maximum absolute atomic E-state index is 11.4. The first-order valence-corrected chi connectivity index (χ1v) is 6.48. The zero-order valence-electron chi connectivity index (χ0n) is 12.1. The van der Waals surface area contributed by atoms with Crippen LogP contribution in [0.4, 0.5) is 10.5 Å². The molecular formula is C15H20N2O3. The fraction of sp³-hybridized carbons (Fsp3) is 0.467. The van der Waals surface area contributed by atoms with Crippen molar-refractivity contribution in [3.8, 4) is 5.75 Å². The molecule has 1 rings (SSSR count). The Hall–Kier alpha value is -2.22. The second kappa shape index (κ2) is 7.39. The summed E-state index contributed by atoms with van der Waals surface area (Å²) in [6.07, 6.45) is 0.267. The van der Waals surface area contributed by atoms with E-state index in [1.165, 1.54) is 0 Å². The molecule has 0 atom stereocenters. The summed E-state index contributed by atoms with van der Waals surface area (Å²) in [5, 5.41) is 2.66. The first-order chi connectivity index (χ1) is 9.40. The topological polar surface area (TPSA) is 51.9 Å². The van der Waals surface area contributed by atoms with Crippen molar-refractivity contribution in [2.45, 2.75) is 32.8 Å².